The molecule has 370 valence electrons. The van der Waals surface area contributed by atoms with Gasteiger partial charge < -0.3 is 19.7 Å². The zero-order valence-corrected chi connectivity index (χ0v) is 42.8. The molecule has 1 amide bonds. The largest absolute Gasteiger partial charge is 0.462 e. The van der Waals surface area contributed by atoms with Gasteiger partial charge in [0, 0.05) is 51.6 Å². The van der Waals surface area contributed by atoms with Crippen LogP contribution in [0.3, 0.4) is 0 Å². The maximum Gasteiger partial charge on any atom is 0.306 e. The van der Waals surface area contributed by atoms with Crippen LogP contribution in [0.5, 0.6) is 0 Å². The van der Waals surface area contributed by atoms with Gasteiger partial charge in [0.15, 0.2) is 0 Å². The van der Waals surface area contributed by atoms with E-state index in [1.54, 1.807) is 0 Å². The summed E-state index contributed by atoms with van der Waals surface area (Å²) in [5.74, 6) is 24.0. The Morgan fingerprint density at radius 3 is 1.12 bits per heavy atom. The zero-order valence-electron chi connectivity index (χ0n) is 42.8. The van der Waals surface area contributed by atoms with Crippen LogP contribution in [0.2, 0.25) is 0 Å². The molecule has 0 fully saturated rings. The highest BCUT2D eigenvalue weighted by Crippen LogP contribution is 2.14. The number of nitrogens with zero attached hydrogens (tertiary/aromatic N) is 1. The number of carbonyl (C=O) groups excluding carboxylic acids is 3. The summed E-state index contributed by atoms with van der Waals surface area (Å²) in [7, 11) is 3.88. The van der Waals surface area contributed by atoms with Crippen molar-refractivity contribution in [3.63, 3.8) is 0 Å². The van der Waals surface area contributed by atoms with E-state index in [-0.39, 0.29) is 37.3 Å². The van der Waals surface area contributed by atoms with Crippen molar-refractivity contribution in [1.82, 2.24) is 10.2 Å². The van der Waals surface area contributed by atoms with Gasteiger partial charge in [-0.3, -0.25) is 14.4 Å². The smallest absolute Gasteiger partial charge is 0.306 e. The summed E-state index contributed by atoms with van der Waals surface area (Å²) >= 11 is 0. The van der Waals surface area contributed by atoms with Gasteiger partial charge in [-0.1, -0.05) is 204 Å². The van der Waals surface area contributed by atoms with Gasteiger partial charge in [0.25, 0.3) is 0 Å². The van der Waals surface area contributed by atoms with E-state index in [1.807, 2.05) is 19.0 Å². The summed E-state index contributed by atoms with van der Waals surface area (Å²) in [6, 6.07) is 0. The number of esters is 2. The topological polar surface area (TPSA) is 84.9 Å². The van der Waals surface area contributed by atoms with Gasteiger partial charge in [-0.25, -0.2) is 0 Å². The Kier molecular flexibility index (Phi) is 48.9. The van der Waals surface area contributed by atoms with Crippen LogP contribution in [-0.4, -0.2) is 62.6 Å². The maximum atomic E-state index is 12.7. The molecule has 0 spiro atoms. The molecule has 0 aromatic carbocycles. The van der Waals surface area contributed by atoms with Gasteiger partial charge in [0.1, 0.15) is 12.7 Å². The third kappa shape index (κ3) is 51.5. The van der Waals surface area contributed by atoms with Gasteiger partial charge >= 0.3 is 11.9 Å². The lowest BCUT2D eigenvalue weighted by Gasteiger charge is -2.18. The molecular weight excluding hydrogens is 805 g/mol. The van der Waals surface area contributed by atoms with E-state index < -0.39 is 6.10 Å². The number of likely N-dealkylation sites (N-methyl/N-ethyl adjacent to an activating group) is 1. The van der Waals surface area contributed by atoms with Gasteiger partial charge in [0.05, 0.1) is 6.42 Å². The van der Waals surface area contributed by atoms with Crippen molar-refractivity contribution in [1.29, 1.82) is 0 Å². The van der Waals surface area contributed by atoms with Crippen LogP contribution in [0.15, 0.2) is 0 Å². The van der Waals surface area contributed by atoms with Crippen molar-refractivity contribution in [3.05, 3.63) is 0 Å². The lowest BCUT2D eigenvalue weighted by Crippen LogP contribution is -2.36. The molecule has 0 rings (SSSR count). The third-order valence-electron chi connectivity index (χ3n) is 11.7. The van der Waals surface area contributed by atoms with Crippen LogP contribution in [0, 0.1) is 47.4 Å². The first-order valence-corrected chi connectivity index (χ1v) is 27.1. The molecule has 0 aliphatic carbocycles. The fraction of sp³-hybridized carbons (Fsp3) is 0.810. The molecule has 7 heteroatoms. The highest BCUT2D eigenvalue weighted by atomic mass is 16.6. The molecule has 0 aromatic rings. The Morgan fingerprint density at radius 2 is 0.769 bits per heavy atom. The van der Waals surface area contributed by atoms with Crippen molar-refractivity contribution >= 4 is 17.8 Å². The summed E-state index contributed by atoms with van der Waals surface area (Å²) in [6.07, 6.45) is 42.4. The highest BCUT2D eigenvalue weighted by molar-refractivity contribution is 5.77. The molecule has 7 nitrogen and oxygen atoms in total. The molecule has 65 heavy (non-hydrogen) atoms. The van der Waals surface area contributed by atoms with E-state index in [9.17, 15) is 14.4 Å². The number of carbonyl (C=O) groups is 3. The second-order valence-corrected chi connectivity index (χ2v) is 18.5. The van der Waals surface area contributed by atoms with Crippen LogP contribution in [0.25, 0.3) is 0 Å². The number of hydrogen-bond acceptors (Lipinski definition) is 6. The predicted molar refractivity (Wildman–Crippen MR) is 275 cm³/mol. The monoisotopic (exact) mass is 903 g/mol. The molecule has 0 saturated heterocycles. The van der Waals surface area contributed by atoms with E-state index in [4.69, 9.17) is 9.47 Å². The van der Waals surface area contributed by atoms with Crippen LogP contribution < -0.4 is 5.32 Å². The van der Waals surface area contributed by atoms with Gasteiger partial charge in [0.2, 0.25) is 5.91 Å². The summed E-state index contributed by atoms with van der Waals surface area (Å²) in [4.78, 5) is 39.9. The van der Waals surface area contributed by atoms with Gasteiger partial charge in [-0.15, -0.1) is 0 Å². The van der Waals surface area contributed by atoms with Crippen molar-refractivity contribution < 1.29 is 23.9 Å². The second-order valence-electron chi connectivity index (χ2n) is 18.5. The lowest BCUT2D eigenvalue weighted by molar-refractivity contribution is -0.160. The molecule has 0 saturated carbocycles. The first-order chi connectivity index (χ1) is 31.9. The fourth-order valence-electron chi connectivity index (χ4n) is 7.54. The molecule has 0 aliphatic rings. The Labute approximate surface area is 402 Å². The predicted octanol–water partition coefficient (Wildman–Crippen LogP) is 14.4. The first kappa shape index (κ1) is 61.6. The summed E-state index contributed by atoms with van der Waals surface area (Å²) in [6.45, 7) is 5.63. The summed E-state index contributed by atoms with van der Waals surface area (Å²) in [5, 5.41) is 2.87. The Balaban J connectivity index is 4.11. The number of amides is 1. The summed E-state index contributed by atoms with van der Waals surface area (Å²) < 4.78 is 11.2. The Morgan fingerprint density at radius 1 is 0.446 bits per heavy atom. The average Bonchev–Trinajstić information content (AvgIpc) is 3.28. The zero-order chi connectivity index (χ0) is 47.4. The molecule has 0 aromatic heterocycles. The SMILES string of the molecule is CCCCCCCCCCCCC#CC#CCCCCCCCCC(=O)OC[C@@H](CC(=O)NCCN(C)C)OC(=O)CCCCCCCCC#CC#CCCCCCCCCCCCC. The van der Waals surface area contributed by atoms with E-state index >= 15 is 0 Å². The third-order valence-corrected chi connectivity index (χ3v) is 11.7. The lowest BCUT2D eigenvalue weighted by atomic mass is 10.1. The van der Waals surface area contributed by atoms with Crippen LogP contribution in [-0.2, 0) is 23.9 Å². The Bertz CT molecular complexity index is 1380. The Hall–Kier alpha value is -3.39. The van der Waals surface area contributed by atoms with Crippen molar-refractivity contribution in [2.75, 3.05) is 33.8 Å². The van der Waals surface area contributed by atoms with E-state index in [0.29, 0.717) is 19.5 Å². The molecule has 1 atom stereocenters. The van der Waals surface area contributed by atoms with E-state index in [2.05, 4.69) is 66.5 Å². The quantitative estimate of drug-likeness (QED) is 0.0372. The van der Waals surface area contributed by atoms with E-state index in [0.717, 1.165) is 103 Å². The van der Waals surface area contributed by atoms with Crippen LogP contribution in [0.4, 0.5) is 0 Å². The molecule has 0 unspecified atom stereocenters. The van der Waals surface area contributed by atoms with Crippen LogP contribution >= 0.6 is 0 Å². The number of unbranched alkanes of at least 4 members (excludes halogenated alkanes) is 32. The van der Waals surface area contributed by atoms with Crippen molar-refractivity contribution in [3.8, 4) is 47.4 Å². The average molecular weight is 903 g/mol. The summed E-state index contributed by atoms with van der Waals surface area (Å²) in [5.41, 5.74) is 0. The molecular formula is C58H98N2O5. The number of hydrogen-bond donors (Lipinski definition) is 1. The number of ether oxygens (including phenoxy) is 2. The molecule has 1 N–H and O–H groups in total. The maximum absolute atomic E-state index is 12.7. The number of rotatable bonds is 44. The standard InChI is InChI=1S/C58H98N2O5/c1-5-7-9-11-13-15-17-19-21-23-25-27-29-31-33-35-37-39-41-43-45-47-49-57(62)64-54-55(53-56(61)59-51-52-60(3)4)65-58(63)50-48-46-44-42-40-38-36-34-32-30-28-26-24-22-20-18-16-14-12-10-8-6-2/h55H,5-26,35-54H2,1-4H3,(H,59,61)/t55-/m1/s1. The molecule has 0 heterocycles. The fourth-order valence-corrected chi connectivity index (χ4v) is 7.54. The minimum absolute atomic E-state index is 0.0311. The van der Waals surface area contributed by atoms with Crippen molar-refractivity contribution in [2.24, 2.45) is 0 Å². The molecule has 0 bridgehead atoms. The highest BCUT2D eigenvalue weighted by Gasteiger charge is 2.20. The van der Waals surface area contributed by atoms with Gasteiger partial charge in [-0.05, 0) is 76.3 Å². The van der Waals surface area contributed by atoms with Crippen LogP contribution in [0.1, 0.15) is 264 Å². The molecule has 0 aliphatic heterocycles. The minimum atomic E-state index is -0.796. The second kappa shape index (κ2) is 51.6. The first-order valence-electron chi connectivity index (χ1n) is 27.1. The normalized spacial score (nSPS) is 11.0. The number of nitrogens with one attached hydrogen (secondary N) is 1. The minimum Gasteiger partial charge on any atom is -0.462 e. The van der Waals surface area contributed by atoms with Crippen molar-refractivity contribution in [2.45, 2.75) is 270 Å². The van der Waals surface area contributed by atoms with Gasteiger partial charge in [-0.2, -0.15) is 0 Å². The van der Waals surface area contributed by atoms with E-state index in [1.165, 1.54) is 128 Å². The molecule has 0 radical (unpaired) electrons.